The van der Waals surface area contributed by atoms with Gasteiger partial charge in [-0.15, -0.1) is 22.9 Å². The molecule has 0 N–H and O–H groups in total. The number of fused-ring (bicyclic) bond motifs is 1. The second kappa shape index (κ2) is 5.76. The SMILES string of the molecule is CN(Cc1ccc(Br)cc1)c1nc2sccn2c1CCl. The van der Waals surface area contributed by atoms with Gasteiger partial charge in [0.05, 0.1) is 11.6 Å². The Morgan fingerprint density at radius 1 is 1.35 bits per heavy atom. The number of hydrogen-bond donors (Lipinski definition) is 0. The normalized spacial score (nSPS) is 11.2. The van der Waals surface area contributed by atoms with Gasteiger partial charge < -0.3 is 4.90 Å². The first-order valence-corrected chi connectivity index (χ1v) is 8.35. The third kappa shape index (κ3) is 2.57. The first-order chi connectivity index (χ1) is 9.69. The Morgan fingerprint density at radius 3 is 2.80 bits per heavy atom. The molecule has 3 rings (SSSR count). The van der Waals surface area contributed by atoms with E-state index in [2.05, 4.69) is 54.5 Å². The van der Waals surface area contributed by atoms with Crippen molar-refractivity contribution >= 4 is 49.6 Å². The number of alkyl halides is 1. The van der Waals surface area contributed by atoms with Crippen molar-refractivity contribution in [3.63, 3.8) is 0 Å². The minimum Gasteiger partial charge on any atom is -0.354 e. The zero-order valence-electron chi connectivity index (χ0n) is 10.9. The lowest BCUT2D eigenvalue weighted by Crippen LogP contribution is -2.18. The lowest BCUT2D eigenvalue weighted by Gasteiger charge is -2.18. The monoisotopic (exact) mass is 369 g/mol. The molecule has 1 aromatic carbocycles. The van der Waals surface area contributed by atoms with Crippen molar-refractivity contribution in [3.05, 3.63) is 51.6 Å². The average Bonchev–Trinajstić information content (AvgIpc) is 3.01. The summed E-state index contributed by atoms with van der Waals surface area (Å²) in [6.45, 7) is 0.808. The molecular weight excluding hydrogens is 358 g/mol. The highest BCUT2D eigenvalue weighted by atomic mass is 79.9. The topological polar surface area (TPSA) is 20.5 Å². The summed E-state index contributed by atoms with van der Waals surface area (Å²) < 4.78 is 3.15. The molecule has 3 aromatic rings. The molecule has 0 atom stereocenters. The van der Waals surface area contributed by atoms with Gasteiger partial charge in [-0.05, 0) is 17.7 Å². The van der Waals surface area contributed by atoms with Gasteiger partial charge in [0, 0.05) is 29.6 Å². The molecule has 3 nitrogen and oxygen atoms in total. The summed E-state index contributed by atoms with van der Waals surface area (Å²) in [4.78, 5) is 7.79. The molecule has 104 valence electrons. The first kappa shape index (κ1) is 13.9. The number of benzene rings is 1. The van der Waals surface area contributed by atoms with Gasteiger partial charge in [-0.25, -0.2) is 4.98 Å². The number of aromatic nitrogens is 2. The summed E-state index contributed by atoms with van der Waals surface area (Å²) >= 11 is 11.2. The van der Waals surface area contributed by atoms with E-state index in [9.17, 15) is 0 Å². The third-order valence-electron chi connectivity index (χ3n) is 3.16. The van der Waals surface area contributed by atoms with Gasteiger partial charge in [0.15, 0.2) is 10.8 Å². The Bertz CT molecular complexity index is 720. The van der Waals surface area contributed by atoms with Crippen molar-refractivity contribution in [3.8, 4) is 0 Å². The molecule has 0 bridgehead atoms. The zero-order valence-corrected chi connectivity index (χ0v) is 14.0. The number of anilines is 1. The summed E-state index contributed by atoms with van der Waals surface area (Å²) in [6, 6.07) is 8.33. The number of nitrogens with zero attached hydrogens (tertiary/aromatic N) is 3. The lowest BCUT2D eigenvalue weighted by molar-refractivity contribution is 0.894. The third-order valence-corrected chi connectivity index (χ3v) is 4.70. The van der Waals surface area contributed by atoms with Crippen LogP contribution in [0.5, 0.6) is 0 Å². The van der Waals surface area contributed by atoms with Crippen LogP contribution in [0.25, 0.3) is 4.96 Å². The molecule has 2 heterocycles. The molecule has 0 saturated carbocycles. The van der Waals surface area contributed by atoms with Crippen LogP contribution < -0.4 is 4.90 Å². The molecule has 0 aliphatic carbocycles. The van der Waals surface area contributed by atoms with Crippen LogP contribution in [0.4, 0.5) is 5.82 Å². The van der Waals surface area contributed by atoms with Gasteiger partial charge in [-0.1, -0.05) is 28.1 Å². The molecule has 0 fully saturated rings. The van der Waals surface area contributed by atoms with Gasteiger partial charge in [0.2, 0.25) is 0 Å². The average molecular weight is 371 g/mol. The van der Waals surface area contributed by atoms with Crippen LogP contribution in [0.2, 0.25) is 0 Å². The minimum absolute atomic E-state index is 0.456. The molecule has 0 unspecified atom stereocenters. The molecule has 0 saturated heterocycles. The summed E-state index contributed by atoms with van der Waals surface area (Å²) in [6.07, 6.45) is 2.02. The van der Waals surface area contributed by atoms with E-state index in [0.717, 1.165) is 27.5 Å². The zero-order chi connectivity index (χ0) is 14.1. The molecule has 0 spiro atoms. The van der Waals surface area contributed by atoms with E-state index in [4.69, 9.17) is 11.6 Å². The van der Waals surface area contributed by atoms with Crippen LogP contribution in [0.1, 0.15) is 11.3 Å². The molecule has 0 aliphatic rings. The Kier molecular flexibility index (Phi) is 4.01. The maximum absolute atomic E-state index is 6.09. The molecule has 20 heavy (non-hydrogen) atoms. The van der Waals surface area contributed by atoms with Crippen molar-refractivity contribution in [2.45, 2.75) is 12.4 Å². The molecule has 6 heteroatoms. The summed E-state index contributed by atoms with van der Waals surface area (Å²) in [5.74, 6) is 1.41. The lowest BCUT2D eigenvalue weighted by atomic mass is 10.2. The van der Waals surface area contributed by atoms with E-state index in [0.29, 0.717) is 5.88 Å². The highest BCUT2D eigenvalue weighted by molar-refractivity contribution is 9.10. The highest BCUT2D eigenvalue weighted by Gasteiger charge is 2.15. The molecular formula is C14H13BrClN3S. The van der Waals surface area contributed by atoms with Crippen LogP contribution in [-0.2, 0) is 12.4 Å². The maximum atomic E-state index is 6.09. The fraction of sp³-hybridized carbons (Fsp3) is 0.214. The maximum Gasteiger partial charge on any atom is 0.195 e. The predicted octanol–water partition coefficient (Wildman–Crippen LogP) is 4.53. The summed E-state index contributed by atoms with van der Waals surface area (Å²) in [5.41, 5.74) is 2.29. The van der Waals surface area contributed by atoms with E-state index in [-0.39, 0.29) is 0 Å². The number of imidazole rings is 1. The smallest absolute Gasteiger partial charge is 0.195 e. The minimum atomic E-state index is 0.456. The van der Waals surface area contributed by atoms with Crippen LogP contribution in [-0.4, -0.2) is 16.4 Å². The van der Waals surface area contributed by atoms with Gasteiger partial charge >= 0.3 is 0 Å². The Hall–Kier alpha value is -1.04. The second-order valence-electron chi connectivity index (χ2n) is 4.55. The number of hydrogen-bond acceptors (Lipinski definition) is 3. The van der Waals surface area contributed by atoms with E-state index in [1.54, 1.807) is 11.3 Å². The number of halogens is 2. The first-order valence-electron chi connectivity index (χ1n) is 6.15. The van der Waals surface area contributed by atoms with E-state index < -0.39 is 0 Å². The molecule has 2 aromatic heterocycles. The van der Waals surface area contributed by atoms with Crippen molar-refractivity contribution < 1.29 is 0 Å². The highest BCUT2D eigenvalue weighted by Crippen LogP contribution is 2.26. The van der Waals surface area contributed by atoms with Crippen LogP contribution >= 0.6 is 38.9 Å². The van der Waals surface area contributed by atoms with E-state index >= 15 is 0 Å². The quantitative estimate of drug-likeness (QED) is 0.629. The van der Waals surface area contributed by atoms with Crippen LogP contribution in [0.15, 0.2) is 40.3 Å². The molecule has 0 aliphatic heterocycles. The summed E-state index contributed by atoms with van der Waals surface area (Å²) in [7, 11) is 2.05. The number of thiazole rings is 1. The van der Waals surface area contributed by atoms with E-state index in [1.807, 2.05) is 18.6 Å². The largest absolute Gasteiger partial charge is 0.354 e. The predicted molar refractivity (Wildman–Crippen MR) is 88.9 cm³/mol. The van der Waals surface area contributed by atoms with Crippen LogP contribution in [0, 0.1) is 0 Å². The van der Waals surface area contributed by atoms with E-state index in [1.165, 1.54) is 5.56 Å². The van der Waals surface area contributed by atoms with Crippen molar-refractivity contribution in [1.29, 1.82) is 0 Å². The molecule has 0 amide bonds. The number of rotatable bonds is 4. The van der Waals surface area contributed by atoms with Gasteiger partial charge in [-0.3, -0.25) is 4.40 Å². The van der Waals surface area contributed by atoms with Crippen LogP contribution in [0.3, 0.4) is 0 Å². The van der Waals surface area contributed by atoms with Crippen molar-refractivity contribution in [2.24, 2.45) is 0 Å². The van der Waals surface area contributed by atoms with Crippen molar-refractivity contribution in [2.75, 3.05) is 11.9 Å². The Labute approximate surface area is 134 Å². The second-order valence-corrected chi connectivity index (χ2v) is 6.61. The fourth-order valence-corrected chi connectivity index (χ4v) is 3.43. The standard InChI is InChI=1S/C14H13BrClN3S/c1-18(9-10-2-4-11(15)5-3-10)13-12(8-16)19-6-7-20-14(19)17-13/h2-7H,8-9H2,1H3. The Balaban J connectivity index is 1.89. The van der Waals surface area contributed by atoms with Crippen molar-refractivity contribution in [1.82, 2.24) is 9.38 Å². The fourth-order valence-electron chi connectivity index (χ4n) is 2.19. The van der Waals surface area contributed by atoms with Gasteiger partial charge in [-0.2, -0.15) is 0 Å². The molecule has 0 radical (unpaired) electrons. The Morgan fingerprint density at radius 2 is 2.10 bits per heavy atom. The van der Waals surface area contributed by atoms with Gasteiger partial charge in [0.25, 0.3) is 0 Å². The summed E-state index contributed by atoms with van der Waals surface area (Å²) in [5, 5.41) is 2.02. The van der Waals surface area contributed by atoms with Gasteiger partial charge in [0.1, 0.15) is 0 Å².